The molecule has 4 amide bonds. The summed E-state index contributed by atoms with van der Waals surface area (Å²) in [5.74, 6) is -0.374. The molecule has 0 bridgehead atoms. The highest BCUT2D eigenvalue weighted by molar-refractivity contribution is 6.34. The lowest BCUT2D eigenvalue weighted by Gasteiger charge is -2.11. The van der Waals surface area contributed by atoms with Gasteiger partial charge < -0.3 is 20.9 Å². The van der Waals surface area contributed by atoms with Crippen molar-refractivity contribution in [2.75, 3.05) is 33.0 Å². The molecule has 1 rings (SSSR count). The molecule has 0 radical (unpaired) electrons. The normalized spacial score (nSPS) is 9.82. The van der Waals surface area contributed by atoms with Gasteiger partial charge in [0.25, 0.3) is 5.91 Å². The number of carbonyl (C=O) groups is 3. The van der Waals surface area contributed by atoms with Gasteiger partial charge >= 0.3 is 6.03 Å². The van der Waals surface area contributed by atoms with Gasteiger partial charge in [-0.3, -0.25) is 9.59 Å². The van der Waals surface area contributed by atoms with Crippen LogP contribution in [-0.4, -0.2) is 50.4 Å². The number of anilines is 1. The highest BCUT2D eigenvalue weighted by atomic mass is 35.5. The highest BCUT2D eigenvalue weighted by Gasteiger charge is 2.10. The van der Waals surface area contributed by atoms with Crippen LogP contribution in [0.25, 0.3) is 0 Å². The third-order valence-corrected chi connectivity index (χ3v) is 3.13. The molecule has 0 spiro atoms. The van der Waals surface area contributed by atoms with Crippen molar-refractivity contribution in [2.45, 2.75) is 6.42 Å². The van der Waals surface area contributed by atoms with Gasteiger partial charge in [0.05, 0.1) is 10.6 Å². The standard InChI is InChI=1S/C14H19ClN4O3/c1-16-13(21)10-5-4-9(8-11(10)15)18-14(22)17-7-6-12(20)19(2)3/h4-5,8H,6-7H2,1-3H3,(H,16,21)(H2,17,18,22). The summed E-state index contributed by atoms with van der Waals surface area (Å²) in [7, 11) is 4.81. The van der Waals surface area contributed by atoms with Crippen LogP contribution in [0.15, 0.2) is 18.2 Å². The number of carbonyl (C=O) groups excluding carboxylic acids is 3. The van der Waals surface area contributed by atoms with E-state index < -0.39 is 6.03 Å². The predicted octanol–water partition coefficient (Wildman–Crippen LogP) is 1.30. The molecule has 8 heteroatoms. The van der Waals surface area contributed by atoms with Gasteiger partial charge in [0.2, 0.25) is 5.91 Å². The molecule has 0 atom stereocenters. The average Bonchev–Trinajstić information content (AvgIpc) is 2.46. The summed E-state index contributed by atoms with van der Waals surface area (Å²) in [5.41, 5.74) is 0.779. The van der Waals surface area contributed by atoms with Gasteiger partial charge in [-0.2, -0.15) is 0 Å². The number of hydrogen-bond acceptors (Lipinski definition) is 3. The van der Waals surface area contributed by atoms with E-state index in [1.54, 1.807) is 20.2 Å². The maximum Gasteiger partial charge on any atom is 0.319 e. The van der Waals surface area contributed by atoms with Crippen LogP contribution in [-0.2, 0) is 4.79 Å². The van der Waals surface area contributed by atoms with Crippen LogP contribution in [0, 0.1) is 0 Å². The number of amides is 4. The number of urea groups is 1. The Balaban J connectivity index is 2.53. The van der Waals surface area contributed by atoms with Gasteiger partial charge in [0, 0.05) is 39.8 Å². The van der Waals surface area contributed by atoms with E-state index in [0.29, 0.717) is 11.3 Å². The Labute approximate surface area is 134 Å². The number of rotatable bonds is 5. The van der Waals surface area contributed by atoms with E-state index in [4.69, 9.17) is 11.6 Å². The second-order valence-electron chi connectivity index (χ2n) is 4.69. The van der Waals surface area contributed by atoms with E-state index in [1.807, 2.05) is 0 Å². The van der Waals surface area contributed by atoms with Gasteiger partial charge in [-0.1, -0.05) is 11.6 Å². The van der Waals surface area contributed by atoms with Crippen molar-refractivity contribution in [3.63, 3.8) is 0 Å². The zero-order valence-electron chi connectivity index (χ0n) is 12.7. The van der Waals surface area contributed by atoms with E-state index >= 15 is 0 Å². The van der Waals surface area contributed by atoms with E-state index in [-0.39, 0.29) is 29.8 Å². The van der Waals surface area contributed by atoms with E-state index in [2.05, 4.69) is 16.0 Å². The Hall–Kier alpha value is -2.28. The minimum absolute atomic E-state index is 0.0710. The Bertz CT molecular complexity index is 575. The van der Waals surface area contributed by atoms with E-state index in [0.717, 1.165) is 0 Å². The fourth-order valence-corrected chi connectivity index (χ4v) is 1.86. The molecule has 7 nitrogen and oxygen atoms in total. The Morgan fingerprint density at radius 2 is 1.91 bits per heavy atom. The quantitative estimate of drug-likeness (QED) is 0.761. The van der Waals surface area contributed by atoms with E-state index in [9.17, 15) is 14.4 Å². The topological polar surface area (TPSA) is 90.5 Å². The molecule has 0 aliphatic heterocycles. The zero-order valence-corrected chi connectivity index (χ0v) is 13.5. The van der Waals surface area contributed by atoms with Crippen molar-refractivity contribution in [3.8, 4) is 0 Å². The Morgan fingerprint density at radius 3 is 2.45 bits per heavy atom. The first kappa shape index (κ1) is 17.8. The molecule has 0 unspecified atom stereocenters. The SMILES string of the molecule is CNC(=O)c1ccc(NC(=O)NCCC(=O)N(C)C)cc1Cl. The molecule has 3 N–H and O–H groups in total. The van der Waals surface area contributed by atoms with Crippen molar-refractivity contribution < 1.29 is 14.4 Å². The first-order chi connectivity index (χ1) is 10.3. The minimum atomic E-state index is -0.449. The summed E-state index contributed by atoms with van der Waals surface area (Å²) < 4.78 is 0. The van der Waals surface area contributed by atoms with Gasteiger partial charge in [-0.15, -0.1) is 0 Å². The number of benzene rings is 1. The summed E-state index contributed by atoms with van der Waals surface area (Å²) >= 11 is 5.98. The van der Waals surface area contributed by atoms with Crippen molar-refractivity contribution in [2.24, 2.45) is 0 Å². The van der Waals surface area contributed by atoms with Crippen LogP contribution in [0.4, 0.5) is 10.5 Å². The van der Waals surface area contributed by atoms with Crippen LogP contribution in [0.3, 0.4) is 0 Å². The molecule has 120 valence electrons. The summed E-state index contributed by atoms with van der Waals surface area (Å²) in [6.45, 7) is 0.229. The van der Waals surface area contributed by atoms with Crippen molar-refractivity contribution in [1.29, 1.82) is 0 Å². The third kappa shape index (κ3) is 5.25. The minimum Gasteiger partial charge on any atom is -0.355 e. The monoisotopic (exact) mass is 326 g/mol. The van der Waals surface area contributed by atoms with Crippen molar-refractivity contribution in [1.82, 2.24) is 15.5 Å². The largest absolute Gasteiger partial charge is 0.355 e. The molecular formula is C14H19ClN4O3. The predicted molar refractivity (Wildman–Crippen MR) is 85.2 cm³/mol. The van der Waals surface area contributed by atoms with Gasteiger partial charge in [-0.25, -0.2) is 4.79 Å². The second-order valence-corrected chi connectivity index (χ2v) is 5.10. The van der Waals surface area contributed by atoms with Crippen molar-refractivity contribution >= 4 is 35.1 Å². The van der Waals surface area contributed by atoms with Gasteiger partial charge in [0.15, 0.2) is 0 Å². The molecule has 0 fully saturated rings. The fraction of sp³-hybridized carbons (Fsp3) is 0.357. The smallest absolute Gasteiger partial charge is 0.319 e. The lowest BCUT2D eigenvalue weighted by Crippen LogP contribution is -2.33. The lowest BCUT2D eigenvalue weighted by molar-refractivity contribution is -0.128. The van der Waals surface area contributed by atoms with Crippen LogP contribution in [0.2, 0.25) is 5.02 Å². The summed E-state index contributed by atoms with van der Waals surface area (Å²) in [4.78, 5) is 36.0. The maximum atomic E-state index is 11.7. The van der Waals surface area contributed by atoms with Crippen LogP contribution in [0.1, 0.15) is 16.8 Å². The van der Waals surface area contributed by atoms with Crippen molar-refractivity contribution in [3.05, 3.63) is 28.8 Å². The summed E-state index contributed by atoms with van der Waals surface area (Å²) in [5, 5.41) is 7.85. The van der Waals surface area contributed by atoms with E-state index in [1.165, 1.54) is 24.1 Å². The number of nitrogens with one attached hydrogen (secondary N) is 3. The lowest BCUT2D eigenvalue weighted by atomic mass is 10.2. The first-order valence-electron chi connectivity index (χ1n) is 6.61. The third-order valence-electron chi connectivity index (χ3n) is 2.82. The Kier molecular flexibility index (Phi) is 6.65. The first-order valence-corrected chi connectivity index (χ1v) is 6.99. The van der Waals surface area contributed by atoms with Crippen LogP contribution in [0.5, 0.6) is 0 Å². The van der Waals surface area contributed by atoms with Crippen LogP contribution < -0.4 is 16.0 Å². The van der Waals surface area contributed by atoms with Crippen LogP contribution >= 0.6 is 11.6 Å². The molecule has 1 aromatic carbocycles. The van der Waals surface area contributed by atoms with Gasteiger partial charge in [0.1, 0.15) is 0 Å². The number of halogens is 1. The summed E-state index contributed by atoms with van der Waals surface area (Å²) in [6, 6.07) is 4.12. The number of nitrogens with zero attached hydrogens (tertiary/aromatic N) is 1. The second kappa shape index (κ2) is 8.23. The highest BCUT2D eigenvalue weighted by Crippen LogP contribution is 2.20. The zero-order chi connectivity index (χ0) is 16.7. The Morgan fingerprint density at radius 1 is 1.23 bits per heavy atom. The molecule has 1 aromatic rings. The molecule has 22 heavy (non-hydrogen) atoms. The fourth-order valence-electron chi connectivity index (χ4n) is 1.59. The molecule has 0 saturated heterocycles. The molecule has 0 aromatic heterocycles. The maximum absolute atomic E-state index is 11.7. The number of hydrogen-bond donors (Lipinski definition) is 3. The molecule has 0 saturated carbocycles. The average molecular weight is 327 g/mol. The van der Waals surface area contributed by atoms with Gasteiger partial charge in [-0.05, 0) is 18.2 Å². The molecule has 0 heterocycles. The molecule has 0 aliphatic carbocycles. The molecule has 0 aliphatic rings. The summed E-state index contributed by atoms with van der Waals surface area (Å²) in [6.07, 6.45) is 0.219. The molecular weight excluding hydrogens is 308 g/mol.